The van der Waals surface area contributed by atoms with Crippen molar-refractivity contribution in [3.05, 3.63) is 30.1 Å². The Morgan fingerprint density at radius 1 is 1.53 bits per heavy atom. The van der Waals surface area contributed by atoms with Gasteiger partial charge in [-0.3, -0.25) is 0 Å². The van der Waals surface area contributed by atoms with Crippen molar-refractivity contribution in [2.75, 3.05) is 13.1 Å². The van der Waals surface area contributed by atoms with Crippen LogP contribution in [0.25, 0.3) is 11.0 Å². The molecular weight excluding hydrogens is 190 g/mol. The molecule has 0 aliphatic carbocycles. The number of aromatic nitrogens is 2. The van der Waals surface area contributed by atoms with E-state index in [0.29, 0.717) is 13.1 Å². The van der Waals surface area contributed by atoms with Crippen LogP contribution in [0.4, 0.5) is 0 Å². The van der Waals surface area contributed by atoms with Gasteiger partial charge in [-0.05, 0) is 12.1 Å². The van der Waals surface area contributed by atoms with Crippen LogP contribution in [-0.4, -0.2) is 27.7 Å². The molecular formula is C11H13N3O. The Bertz CT molecular complexity index is 514. The van der Waals surface area contributed by atoms with E-state index in [0.717, 1.165) is 16.6 Å². The monoisotopic (exact) mass is 203 g/mol. The van der Waals surface area contributed by atoms with Gasteiger partial charge in [0.1, 0.15) is 11.2 Å². The molecule has 4 heteroatoms. The standard InChI is InChI=1S/C11H13N3O/c1-14-5-9(11(15)6-12-7-11)8-3-2-4-13-10(8)14/h2-5,12,15H,6-7H2,1H3. The van der Waals surface area contributed by atoms with Crippen LogP contribution in [0.1, 0.15) is 5.56 Å². The number of aliphatic hydroxyl groups is 1. The van der Waals surface area contributed by atoms with Gasteiger partial charge in [-0.25, -0.2) is 4.98 Å². The summed E-state index contributed by atoms with van der Waals surface area (Å²) in [5.74, 6) is 0. The van der Waals surface area contributed by atoms with E-state index in [-0.39, 0.29) is 0 Å². The first kappa shape index (κ1) is 8.88. The number of rotatable bonds is 1. The van der Waals surface area contributed by atoms with Crippen molar-refractivity contribution in [2.24, 2.45) is 7.05 Å². The van der Waals surface area contributed by atoms with Crippen LogP contribution in [0.5, 0.6) is 0 Å². The van der Waals surface area contributed by atoms with Gasteiger partial charge in [0, 0.05) is 43.5 Å². The molecule has 0 unspecified atom stereocenters. The van der Waals surface area contributed by atoms with Gasteiger partial charge in [-0.2, -0.15) is 0 Å². The van der Waals surface area contributed by atoms with Crippen LogP contribution in [0.2, 0.25) is 0 Å². The molecule has 0 amide bonds. The van der Waals surface area contributed by atoms with E-state index >= 15 is 0 Å². The van der Waals surface area contributed by atoms with Gasteiger partial charge in [-0.1, -0.05) is 0 Å². The Morgan fingerprint density at radius 2 is 2.33 bits per heavy atom. The number of nitrogens with zero attached hydrogens (tertiary/aromatic N) is 2. The van der Waals surface area contributed by atoms with Crippen molar-refractivity contribution in [1.29, 1.82) is 0 Å². The zero-order chi connectivity index (χ0) is 10.5. The van der Waals surface area contributed by atoms with E-state index in [1.165, 1.54) is 0 Å². The summed E-state index contributed by atoms with van der Waals surface area (Å²) in [5.41, 5.74) is 1.20. The summed E-state index contributed by atoms with van der Waals surface area (Å²) < 4.78 is 1.96. The smallest absolute Gasteiger partial charge is 0.139 e. The second kappa shape index (κ2) is 2.81. The van der Waals surface area contributed by atoms with Gasteiger partial charge >= 0.3 is 0 Å². The number of pyridine rings is 1. The number of hydrogen-bond acceptors (Lipinski definition) is 3. The molecule has 0 atom stereocenters. The number of β-amino-alcohol motifs (C(OH)–C–C–N with tert-alkyl or cyclic N) is 1. The minimum absolute atomic E-state index is 0.626. The van der Waals surface area contributed by atoms with Crippen molar-refractivity contribution in [1.82, 2.24) is 14.9 Å². The number of nitrogens with one attached hydrogen (secondary N) is 1. The van der Waals surface area contributed by atoms with Gasteiger partial charge in [0.2, 0.25) is 0 Å². The normalized spacial score (nSPS) is 19.1. The fourth-order valence-electron chi connectivity index (χ4n) is 2.14. The molecule has 3 heterocycles. The highest BCUT2D eigenvalue weighted by Crippen LogP contribution is 2.31. The molecule has 2 aromatic heterocycles. The molecule has 1 aliphatic heterocycles. The Labute approximate surface area is 87.5 Å². The maximum absolute atomic E-state index is 10.3. The third kappa shape index (κ3) is 1.12. The lowest BCUT2D eigenvalue weighted by Gasteiger charge is -2.37. The van der Waals surface area contributed by atoms with Gasteiger partial charge in [0.15, 0.2) is 0 Å². The predicted molar refractivity (Wildman–Crippen MR) is 57.5 cm³/mol. The lowest BCUT2D eigenvalue weighted by atomic mass is 9.88. The van der Waals surface area contributed by atoms with Gasteiger partial charge in [0.05, 0.1) is 0 Å². The first-order valence-corrected chi connectivity index (χ1v) is 5.04. The SMILES string of the molecule is Cn1cc(C2(O)CNC2)c2cccnc21. The molecule has 4 nitrogen and oxygen atoms in total. The van der Waals surface area contributed by atoms with Gasteiger partial charge in [-0.15, -0.1) is 0 Å². The van der Waals surface area contributed by atoms with Crippen LogP contribution in [0, 0.1) is 0 Å². The zero-order valence-electron chi connectivity index (χ0n) is 8.57. The largest absolute Gasteiger partial charge is 0.382 e. The lowest BCUT2D eigenvalue weighted by molar-refractivity contribution is -0.0134. The molecule has 0 spiro atoms. The van der Waals surface area contributed by atoms with Crippen molar-refractivity contribution in [2.45, 2.75) is 5.60 Å². The Balaban J connectivity index is 2.27. The number of hydrogen-bond donors (Lipinski definition) is 2. The fourth-order valence-corrected chi connectivity index (χ4v) is 2.14. The van der Waals surface area contributed by atoms with E-state index in [1.54, 1.807) is 6.20 Å². The molecule has 15 heavy (non-hydrogen) atoms. The fraction of sp³-hybridized carbons (Fsp3) is 0.364. The molecule has 0 bridgehead atoms. The summed E-state index contributed by atoms with van der Waals surface area (Å²) >= 11 is 0. The minimum atomic E-state index is -0.706. The maximum Gasteiger partial charge on any atom is 0.139 e. The first-order chi connectivity index (χ1) is 7.21. The molecule has 2 aromatic rings. The summed E-state index contributed by atoms with van der Waals surface area (Å²) in [4.78, 5) is 4.30. The summed E-state index contributed by atoms with van der Waals surface area (Å²) in [6, 6.07) is 3.91. The second-order valence-electron chi connectivity index (χ2n) is 4.16. The van der Waals surface area contributed by atoms with Crippen molar-refractivity contribution >= 4 is 11.0 Å². The molecule has 3 rings (SSSR count). The third-order valence-corrected chi connectivity index (χ3v) is 3.07. The Hall–Kier alpha value is -1.39. The summed E-state index contributed by atoms with van der Waals surface area (Å²) in [7, 11) is 1.95. The highest BCUT2D eigenvalue weighted by molar-refractivity contribution is 5.81. The molecule has 0 aromatic carbocycles. The highest BCUT2D eigenvalue weighted by atomic mass is 16.3. The summed E-state index contributed by atoms with van der Waals surface area (Å²) in [6.07, 6.45) is 3.74. The molecule has 1 saturated heterocycles. The predicted octanol–water partition coefficient (Wildman–Crippen LogP) is 0.364. The average molecular weight is 203 g/mol. The van der Waals surface area contributed by atoms with E-state index < -0.39 is 5.60 Å². The third-order valence-electron chi connectivity index (χ3n) is 3.07. The first-order valence-electron chi connectivity index (χ1n) is 5.04. The van der Waals surface area contributed by atoms with Crippen LogP contribution >= 0.6 is 0 Å². The highest BCUT2D eigenvalue weighted by Gasteiger charge is 2.38. The van der Waals surface area contributed by atoms with Gasteiger partial charge < -0.3 is 15.0 Å². The van der Waals surface area contributed by atoms with E-state index in [1.807, 2.05) is 29.9 Å². The quantitative estimate of drug-likeness (QED) is 0.703. The average Bonchev–Trinajstić information content (AvgIpc) is 2.54. The zero-order valence-corrected chi connectivity index (χ0v) is 8.57. The van der Waals surface area contributed by atoms with Crippen molar-refractivity contribution in [3.63, 3.8) is 0 Å². The van der Waals surface area contributed by atoms with E-state index in [4.69, 9.17) is 0 Å². The molecule has 0 saturated carbocycles. The van der Waals surface area contributed by atoms with Crippen LogP contribution in [0.3, 0.4) is 0 Å². The molecule has 1 fully saturated rings. The van der Waals surface area contributed by atoms with Crippen LogP contribution in [0.15, 0.2) is 24.5 Å². The molecule has 78 valence electrons. The number of fused-ring (bicyclic) bond motifs is 1. The lowest BCUT2D eigenvalue weighted by Crippen LogP contribution is -2.56. The van der Waals surface area contributed by atoms with Gasteiger partial charge in [0.25, 0.3) is 0 Å². The molecule has 2 N–H and O–H groups in total. The van der Waals surface area contributed by atoms with E-state index in [2.05, 4.69) is 10.3 Å². The summed E-state index contributed by atoms with van der Waals surface area (Å²) in [6.45, 7) is 1.25. The second-order valence-corrected chi connectivity index (χ2v) is 4.16. The van der Waals surface area contributed by atoms with Crippen molar-refractivity contribution < 1.29 is 5.11 Å². The maximum atomic E-state index is 10.3. The minimum Gasteiger partial charge on any atom is -0.382 e. The van der Waals surface area contributed by atoms with Crippen molar-refractivity contribution in [3.8, 4) is 0 Å². The Morgan fingerprint density at radius 3 is 3.00 bits per heavy atom. The van der Waals surface area contributed by atoms with E-state index in [9.17, 15) is 5.11 Å². The summed E-state index contributed by atoms with van der Waals surface area (Å²) in [5, 5.41) is 14.4. The van der Waals surface area contributed by atoms with Crippen LogP contribution < -0.4 is 5.32 Å². The number of aryl methyl sites for hydroxylation is 1. The topological polar surface area (TPSA) is 50.1 Å². The van der Waals surface area contributed by atoms with Crippen LogP contribution in [-0.2, 0) is 12.6 Å². The molecule has 1 aliphatic rings. The molecule has 0 radical (unpaired) electrons. The Kier molecular flexibility index (Phi) is 1.66.